The molecule has 0 bridgehead atoms. The maximum Gasteiger partial charge on any atom is 0.119 e. The molecule has 0 saturated carbocycles. The van der Waals surface area contributed by atoms with Crippen molar-refractivity contribution in [3.63, 3.8) is 0 Å². The Morgan fingerprint density at radius 1 is 0.871 bits per heavy atom. The molecule has 1 nitrogen and oxygen atoms in total. The van der Waals surface area contributed by atoms with Crippen LogP contribution in [-0.2, 0) is 0 Å². The summed E-state index contributed by atoms with van der Waals surface area (Å²) in [5, 5.41) is 0. The number of rotatable bonds is 4. The van der Waals surface area contributed by atoms with Crippen LogP contribution in [0.5, 0.6) is 5.75 Å². The predicted octanol–water partition coefficient (Wildman–Crippen LogP) is 7.59. The molecule has 0 aliphatic heterocycles. The van der Waals surface area contributed by atoms with E-state index in [1.165, 1.54) is 25.8 Å². The van der Waals surface area contributed by atoms with Crippen molar-refractivity contribution in [1.82, 2.24) is 0 Å². The minimum Gasteiger partial charge on any atom is -0.493 e. The van der Waals surface area contributed by atoms with Gasteiger partial charge in [-0.3, -0.25) is 0 Å². The van der Waals surface area contributed by atoms with Crippen molar-refractivity contribution in [2.24, 2.45) is 11.8 Å². The van der Waals surface area contributed by atoms with E-state index in [0.717, 1.165) is 30.8 Å². The molecule has 0 N–H and O–H groups in total. The first-order chi connectivity index (χ1) is 15.1. The lowest BCUT2D eigenvalue weighted by Crippen LogP contribution is -2.15. The molecular formula is C29H27IO. The monoisotopic (exact) mass is 518 g/mol. The molecule has 2 unspecified atom stereocenters. The topological polar surface area (TPSA) is 9.23 Å². The normalized spacial score (nSPS) is 17.6. The van der Waals surface area contributed by atoms with Crippen LogP contribution in [0.25, 0.3) is 11.1 Å². The molecule has 4 rings (SSSR count). The molecule has 0 amide bonds. The maximum atomic E-state index is 5.94. The molecule has 1 aliphatic carbocycles. The Morgan fingerprint density at radius 2 is 1.58 bits per heavy atom. The average Bonchev–Trinajstić information content (AvgIpc) is 2.79. The quantitative estimate of drug-likeness (QED) is 0.197. The van der Waals surface area contributed by atoms with Crippen molar-refractivity contribution in [3.8, 4) is 28.7 Å². The van der Waals surface area contributed by atoms with E-state index in [1.807, 2.05) is 12.1 Å². The zero-order chi connectivity index (χ0) is 21.6. The maximum absolute atomic E-state index is 5.94. The van der Waals surface area contributed by atoms with Crippen LogP contribution < -0.4 is 4.74 Å². The second kappa shape index (κ2) is 10.2. The van der Waals surface area contributed by atoms with Gasteiger partial charge >= 0.3 is 0 Å². The molecule has 0 saturated heterocycles. The highest BCUT2D eigenvalue weighted by atomic mass is 127. The fourth-order valence-corrected chi connectivity index (χ4v) is 4.54. The third-order valence-electron chi connectivity index (χ3n) is 5.68. The Hall–Kier alpha value is -2.51. The second-order valence-corrected chi connectivity index (χ2v) is 9.45. The van der Waals surface area contributed by atoms with Crippen LogP contribution in [0, 0.1) is 41.1 Å². The first-order valence-electron chi connectivity index (χ1n) is 10.8. The van der Waals surface area contributed by atoms with Crippen LogP contribution in [0.4, 0.5) is 0 Å². The zero-order valence-corrected chi connectivity index (χ0v) is 20.2. The number of allylic oxidation sites excluding steroid dienone is 1. The van der Waals surface area contributed by atoms with E-state index in [9.17, 15) is 0 Å². The van der Waals surface area contributed by atoms with Gasteiger partial charge in [0.05, 0.1) is 6.61 Å². The van der Waals surface area contributed by atoms with E-state index in [0.29, 0.717) is 11.8 Å². The summed E-state index contributed by atoms with van der Waals surface area (Å²) >= 11 is 2.41. The number of hydrogen-bond donors (Lipinski definition) is 0. The van der Waals surface area contributed by atoms with Gasteiger partial charge in [-0.05, 0) is 84.7 Å². The molecule has 2 heteroatoms. The molecule has 0 fully saturated rings. The van der Waals surface area contributed by atoms with Gasteiger partial charge in [-0.15, -0.1) is 0 Å². The van der Waals surface area contributed by atoms with Gasteiger partial charge in [0.25, 0.3) is 0 Å². The summed E-state index contributed by atoms with van der Waals surface area (Å²) < 4.78 is 7.18. The molecule has 3 aromatic carbocycles. The van der Waals surface area contributed by atoms with E-state index in [2.05, 4.69) is 115 Å². The number of ether oxygens (including phenoxy) is 1. The Kier molecular flexibility index (Phi) is 7.14. The van der Waals surface area contributed by atoms with Crippen LogP contribution in [0.2, 0.25) is 0 Å². The lowest BCUT2D eigenvalue weighted by molar-refractivity contribution is 0.260. The molecule has 0 heterocycles. The van der Waals surface area contributed by atoms with Crippen LogP contribution in [0.15, 0.2) is 78.9 Å². The first-order valence-corrected chi connectivity index (χ1v) is 11.9. The molecular weight excluding hydrogens is 491 g/mol. The highest BCUT2D eigenvalue weighted by Crippen LogP contribution is 2.27. The van der Waals surface area contributed by atoms with Crippen molar-refractivity contribution in [2.75, 3.05) is 6.61 Å². The minimum atomic E-state index is 0.324. The van der Waals surface area contributed by atoms with Crippen LogP contribution >= 0.6 is 22.6 Å². The highest BCUT2D eigenvalue weighted by molar-refractivity contribution is 14.1. The van der Waals surface area contributed by atoms with Crippen molar-refractivity contribution in [2.45, 2.75) is 26.7 Å². The van der Waals surface area contributed by atoms with Gasteiger partial charge in [0.15, 0.2) is 0 Å². The Labute approximate surface area is 199 Å². The Morgan fingerprint density at radius 3 is 2.23 bits per heavy atom. The van der Waals surface area contributed by atoms with Crippen molar-refractivity contribution in [3.05, 3.63) is 99.1 Å². The van der Waals surface area contributed by atoms with Gasteiger partial charge in [-0.1, -0.05) is 77.6 Å². The molecule has 0 radical (unpaired) electrons. The van der Waals surface area contributed by atoms with Gasteiger partial charge in [-0.25, -0.2) is 0 Å². The predicted molar refractivity (Wildman–Crippen MR) is 138 cm³/mol. The number of aryl methyl sites for hydroxylation is 2. The molecule has 2 atom stereocenters. The lowest BCUT2D eigenvalue weighted by atomic mass is 9.89. The number of benzene rings is 3. The van der Waals surface area contributed by atoms with E-state index < -0.39 is 0 Å². The van der Waals surface area contributed by atoms with Gasteiger partial charge in [-0.2, -0.15) is 0 Å². The SMILES string of the molecule is Cc1ccc(OCC2C=CC(C#Cc3ccc(-c4ccc(C)cc4)c(I)c3)CC2)cc1. The fraction of sp³-hybridized carbons (Fsp3) is 0.241. The first kappa shape index (κ1) is 21.7. The summed E-state index contributed by atoms with van der Waals surface area (Å²) in [5.74, 6) is 8.57. The minimum absolute atomic E-state index is 0.324. The Balaban J connectivity index is 1.35. The van der Waals surface area contributed by atoms with E-state index >= 15 is 0 Å². The summed E-state index contributed by atoms with van der Waals surface area (Å²) in [5.41, 5.74) is 6.14. The molecule has 0 aromatic heterocycles. The van der Waals surface area contributed by atoms with Crippen molar-refractivity contribution >= 4 is 22.6 Å². The van der Waals surface area contributed by atoms with Crippen LogP contribution in [-0.4, -0.2) is 6.61 Å². The smallest absolute Gasteiger partial charge is 0.119 e. The molecule has 1 aliphatic rings. The van der Waals surface area contributed by atoms with Crippen molar-refractivity contribution in [1.29, 1.82) is 0 Å². The molecule has 3 aromatic rings. The fourth-order valence-electron chi connectivity index (χ4n) is 3.71. The third kappa shape index (κ3) is 6.02. The van der Waals surface area contributed by atoms with E-state index in [-0.39, 0.29) is 0 Å². The largest absolute Gasteiger partial charge is 0.493 e. The van der Waals surface area contributed by atoms with Crippen LogP contribution in [0.3, 0.4) is 0 Å². The van der Waals surface area contributed by atoms with Crippen LogP contribution in [0.1, 0.15) is 29.5 Å². The molecule has 0 spiro atoms. The Bertz CT molecular complexity index is 1110. The van der Waals surface area contributed by atoms with Gasteiger partial charge in [0, 0.05) is 21.0 Å². The number of hydrogen-bond acceptors (Lipinski definition) is 1. The highest BCUT2D eigenvalue weighted by Gasteiger charge is 2.15. The average molecular weight is 518 g/mol. The van der Waals surface area contributed by atoms with E-state index in [4.69, 9.17) is 4.74 Å². The summed E-state index contributed by atoms with van der Waals surface area (Å²) in [6.45, 7) is 4.94. The van der Waals surface area contributed by atoms with Gasteiger partial charge < -0.3 is 4.74 Å². The third-order valence-corrected chi connectivity index (χ3v) is 6.58. The summed E-state index contributed by atoms with van der Waals surface area (Å²) in [7, 11) is 0. The summed E-state index contributed by atoms with van der Waals surface area (Å²) in [4.78, 5) is 0. The molecule has 156 valence electrons. The zero-order valence-electron chi connectivity index (χ0n) is 18.1. The summed E-state index contributed by atoms with van der Waals surface area (Å²) in [6.07, 6.45) is 6.74. The molecule has 31 heavy (non-hydrogen) atoms. The lowest BCUT2D eigenvalue weighted by Gasteiger charge is -2.20. The number of halogens is 1. The van der Waals surface area contributed by atoms with Gasteiger partial charge in [0.2, 0.25) is 0 Å². The second-order valence-electron chi connectivity index (χ2n) is 8.28. The standard InChI is InChI=1S/C29H27IO/c1-21-3-14-26(15-4-21)28-18-13-24(19-29(28)30)10-7-23-8-11-25(12-9-23)20-31-27-16-5-22(2)6-17-27/h3-6,8,11,13-19,23,25H,9,12,20H2,1-2H3. The van der Waals surface area contributed by atoms with Gasteiger partial charge in [0.1, 0.15) is 5.75 Å². The summed E-state index contributed by atoms with van der Waals surface area (Å²) in [6, 6.07) is 23.5. The van der Waals surface area contributed by atoms with Crippen molar-refractivity contribution < 1.29 is 4.74 Å². The van der Waals surface area contributed by atoms with E-state index in [1.54, 1.807) is 0 Å².